The van der Waals surface area contributed by atoms with Gasteiger partial charge in [0.15, 0.2) is 0 Å². The van der Waals surface area contributed by atoms with E-state index in [9.17, 15) is 4.79 Å². The maximum atomic E-state index is 13.6. The molecule has 1 N–H and O–H groups in total. The number of benzene rings is 5. The fourth-order valence-corrected chi connectivity index (χ4v) is 7.05. The third kappa shape index (κ3) is 5.19. The predicted octanol–water partition coefficient (Wildman–Crippen LogP) is 9.52. The fourth-order valence-electron chi connectivity index (χ4n) is 5.82. The molecule has 0 saturated heterocycles. The minimum absolute atomic E-state index is 0.0990. The van der Waals surface area contributed by atoms with E-state index in [-0.39, 0.29) is 5.91 Å². The first-order valence-corrected chi connectivity index (χ1v) is 15.2. The number of amides is 1. The number of hydrogen-bond acceptors (Lipinski definition) is 4. The first-order chi connectivity index (χ1) is 20.7. The molecule has 0 aliphatic heterocycles. The van der Waals surface area contributed by atoms with Crippen LogP contribution in [0.4, 0.5) is 10.7 Å². The Hall–Kier alpha value is -4.74. The van der Waals surface area contributed by atoms with Crippen molar-refractivity contribution >= 4 is 55.7 Å². The van der Waals surface area contributed by atoms with Crippen LogP contribution in [0.15, 0.2) is 114 Å². The number of anilines is 1. The van der Waals surface area contributed by atoms with E-state index in [1.54, 1.807) is 11.3 Å². The van der Waals surface area contributed by atoms with Crippen LogP contribution in [-0.2, 0) is 19.4 Å². The second kappa shape index (κ2) is 11.6. The Balaban J connectivity index is 1.26. The number of carbonyl (C=O) groups excluding carboxylic acids is 1. The van der Waals surface area contributed by atoms with E-state index < -0.39 is 0 Å². The molecule has 0 saturated carbocycles. The average Bonchev–Trinajstić information content (AvgIpc) is 3.42. The summed E-state index contributed by atoms with van der Waals surface area (Å²) < 4.78 is 6.50. The molecule has 0 atom stereocenters. The van der Waals surface area contributed by atoms with Gasteiger partial charge in [-0.05, 0) is 76.6 Å². The normalized spacial score (nSPS) is 13.0. The summed E-state index contributed by atoms with van der Waals surface area (Å²) in [6.07, 6.45) is 6.03. The monoisotopic (exact) mass is 566 g/mol. The highest BCUT2D eigenvalue weighted by atomic mass is 32.1. The van der Waals surface area contributed by atoms with Crippen LogP contribution >= 0.6 is 11.3 Å². The number of fused-ring (bicyclic) bond motifs is 3. The van der Waals surface area contributed by atoms with E-state index in [0.717, 1.165) is 69.6 Å². The number of thiophene rings is 1. The summed E-state index contributed by atoms with van der Waals surface area (Å²) in [4.78, 5) is 19.9. The summed E-state index contributed by atoms with van der Waals surface area (Å²) in [5.41, 5.74) is 4.68. The van der Waals surface area contributed by atoms with Crippen molar-refractivity contribution < 1.29 is 9.53 Å². The number of ether oxygens (including phenoxy) is 1. The van der Waals surface area contributed by atoms with Crippen LogP contribution in [0.3, 0.4) is 0 Å². The lowest BCUT2D eigenvalue weighted by molar-refractivity contribution is 0.102. The molecule has 6 aromatic rings. The molecule has 0 radical (unpaired) electrons. The predicted molar refractivity (Wildman–Crippen MR) is 175 cm³/mol. The number of nitrogens with zero attached hydrogens (tertiary/aromatic N) is 1. The van der Waals surface area contributed by atoms with Crippen LogP contribution in [0.1, 0.15) is 44.8 Å². The summed E-state index contributed by atoms with van der Waals surface area (Å²) in [5, 5.41) is 8.41. The fraction of sp³-hybridized carbons (Fsp3) is 0.135. The topological polar surface area (TPSA) is 50.7 Å². The zero-order valence-corrected chi connectivity index (χ0v) is 24.0. The van der Waals surface area contributed by atoms with Crippen molar-refractivity contribution in [2.45, 2.75) is 32.3 Å². The van der Waals surface area contributed by atoms with Crippen molar-refractivity contribution in [1.29, 1.82) is 0 Å². The number of aryl methyl sites for hydroxylation is 1. The van der Waals surface area contributed by atoms with Crippen molar-refractivity contribution in [3.05, 3.63) is 136 Å². The van der Waals surface area contributed by atoms with Gasteiger partial charge in [0.05, 0.1) is 5.56 Å². The van der Waals surface area contributed by atoms with Gasteiger partial charge in [0.2, 0.25) is 0 Å². The highest BCUT2D eigenvalue weighted by Crippen LogP contribution is 2.41. The van der Waals surface area contributed by atoms with Gasteiger partial charge in [-0.1, -0.05) is 91.0 Å². The number of carbonyl (C=O) groups is 1. The van der Waals surface area contributed by atoms with Crippen molar-refractivity contribution in [1.82, 2.24) is 0 Å². The Morgan fingerprint density at radius 1 is 0.786 bits per heavy atom. The van der Waals surface area contributed by atoms with Gasteiger partial charge >= 0.3 is 0 Å². The van der Waals surface area contributed by atoms with Crippen molar-refractivity contribution in [3.63, 3.8) is 0 Å². The van der Waals surface area contributed by atoms with E-state index in [2.05, 4.69) is 66.0 Å². The Labute approximate surface area is 249 Å². The number of hydrogen-bond donors (Lipinski definition) is 1. The summed E-state index contributed by atoms with van der Waals surface area (Å²) in [6, 6.07) is 36.7. The molecule has 1 aromatic heterocycles. The highest BCUT2D eigenvalue weighted by Gasteiger charge is 2.25. The molecule has 5 heteroatoms. The SMILES string of the molecule is O=C(Nc1ccccc1)c1c(N=Cc2c(OCc3cccc4ccccc34)ccc3ccccc23)sc2c1CCCC2. The van der Waals surface area contributed by atoms with Crippen LogP contribution in [0.25, 0.3) is 21.5 Å². The Kier molecular flexibility index (Phi) is 7.25. The largest absolute Gasteiger partial charge is 0.488 e. The summed E-state index contributed by atoms with van der Waals surface area (Å²) in [7, 11) is 0. The summed E-state index contributed by atoms with van der Waals surface area (Å²) in [5.74, 6) is 0.667. The molecule has 1 heterocycles. The van der Waals surface area contributed by atoms with Crippen molar-refractivity contribution in [2.75, 3.05) is 5.32 Å². The van der Waals surface area contributed by atoms with Gasteiger partial charge in [0.25, 0.3) is 5.91 Å². The van der Waals surface area contributed by atoms with Gasteiger partial charge in [0.1, 0.15) is 17.4 Å². The molecule has 7 rings (SSSR count). The van der Waals surface area contributed by atoms with Crippen LogP contribution in [0.5, 0.6) is 5.75 Å². The number of nitrogens with one attached hydrogen (secondary N) is 1. The molecular weight excluding hydrogens is 536 g/mol. The molecule has 5 aromatic carbocycles. The van der Waals surface area contributed by atoms with Crippen molar-refractivity contribution in [3.8, 4) is 5.75 Å². The Morgan fingerprint density at radius 2 is 1.50 bits per heavy atom. The molecule has 0 fully saturated rings. The smallest absolute Gasteiger partial charge is 0.259 e. The summed E-state index contributed by atoms with van der Waals surface area (Å²) in [6.45, 7) is 0.443. The molecule has 206 valence electrons. The second-order valence-corrected chi connectivity index (χ2v) is 11.7. The number of aliphatic imine (C=N–C) groups is 1. The van der Waals surface area contributed by atoms with E-state index in [1.165, 1.54) is 15.6 Å². The van der Waals surface area contributed by atoms with Gasteiger partial charge < -0.3 is 10.1 Å². The quantitative estimate of drug-likeness (QED) is 0.196. The highest BCUT2D eigenvalue weighted by molar-refractivity contribution is 7.16. The molecule has 0 spiro atoms. The minimum Gasteiger partial charge on any atom is -0.488 e. The third-order valence-electron chi connectivity index (χ3n) is 7.92. The van der Waals surface area contributed by atoms with Gasteiger partial charge in [-0.2, -0.15) is 0 Å². The van der Waals surface area contributed by atoms with Crippen LogP contribution < -0.4 is 10.1 Å². The Morgan fingerprint density at radius 3 is 2.36 bits per heavy atom. The zero-order chi connectivity index (χ0) is 28.3. The molecule has 0 unspecified atom stereocenters. The average molecular weight is 567 g/mol. The Bertz CT molecular complexity index is 1940. The number of para-hydroxylation sites is 1. The van der Waals surface area contributed by atoms with Crippen LogP contribution in [0.2, 0.25) is 0 Å². The van der Waals surface area contributed by atoms with Gasteiger partial charge in [-0.25, -0.2) is 4.99 Å². The van der Waals surface area contributed by atoms with Crippen molar-refractivity contribution in [2.24, 2.45) is 4.99 Å². The van der Waals surface area contributed by atoms with E-state index in [4.69, 9.17) is 9.73 Å². The maximum Gasteiger partial charge on any atom is 0.259 e. The second-order valence-electron chi connectivity index (χ2n) is 10.6. The lowest BCUT2D eigenvalue weighted by Gasteiger charge is -2.13. The molecule has 1 amide bonds. The molecule has 0 bridgehead atoms. The lowest BCUT2D eigenvalue weighted by Crippen LogP contribution is -2.14. The third-order valence-corrected chi connectivity index (χ3v) is 9.12. The molecule has 1 aliphatic rings. The van der Waals surface area contributed by atoms with Crippen LogP contribution in [-0.4, -0.2) is 12.1 Å². The first-order valence-electron chi connectivity index (χ1n) is 14.4. The molecule has 42 heavy (non-hydrogen) atoms. The number of rotatable bonds is 7. The minimum atomic E-state index is -0.0990. The molecule has 4 nitrogen and oxygen atoms in total. The van der Waals surface area contributed by atoms with E-state index in [1.807, 2.05) is 54.7 Å². The van der Waals surface area contributed by atoms with Gasteiger partial charge in [0, 0.05) is 22.3 Å². The first kappa shape index (κ1) is 26.2. The standard InChI is InChI=1S/C37H30N2O2S/c40-36(39-28-15-2-1-3-16-28)35-31-19-8-9-20-34(31)42-37(35)38-23-32-30-18-7-5-12-26(30)21-22-33(32)41-24-27-14-10-13-25-11-4-6-17-29(25)27/h1-7,10-18,21-23H,8-9,19-20,24H2,(H,39,40). The van der Waals surface area contributed by atoms with Crippen LogP contribution in [0, 0.1) is 0 Å². The molecular formula is C37H30N2O2S. The van der Waals surface area contributed by atoms with Gasteiger partial charge in [-0.15, -0.1) is 11.3 Å². The van der Waals surface area contributed by atoms with E-state index >= 15 is 0 Å². The van der Waals surface area contributed by atoms with Gasteiger partial charge in [-0.3, -0.25) is 4.79 Å². The maximum absolute atomic E-state index is 13.6. The zero-order valence-electron chi connectivity index (χ0n) is 23.2. The van der Waals surface area contributed by atoms with E-state index in [0.29, 0.717) is 12.2 Å². The summed E-state index contributed by atoms with van der Waals surface area (Å²) >= 11 is 1.64. The molecule has 1 aliphatic carbocycles. The lowest BCUT2D eigenvalue weighted by atomic mass is 9.95.